The first-order valence-electron chi connectivity index (χ1n) is 10.7. The van der Waals surface area contributed by atoms with E-state index in [2.05, 4.69) is 22.3 Å². The highest BCUT2D eigenvalue weighted by Crippen LogP contribution is 2.25. The molecular weight excluding hydrogens is 398 g/mol. The molecular formula is C23H29N3O3S. The Balaban J connectivity index is 1.48. The van der Waals surface area contributed by atoms with Gasteiger partial charge in [-0.25, -0.2) is 8.42 Å². The number of carbonyl (C=O) groups is 1. The van der Waals surface area contributed by atoms with Crippen molar-refractivity contribution < 1.29 is 13.2 Å². The molecule has 2 saturated heterocycles. The molecule has 1 amide bonds. The van der Waals surface area contributed by atoms with E-state index in [1.165, 1.54) is 28.8 Å². The van der Waals surface area contributed by atoms with Crippen molar-refractivity contribution >= 4 is 15.9 Å². The second-order valence-corrected chi connectivity index (χ2v) is 9.96. The van der Waals surface area contributed by atoms with Gasteiger partial charge in [0.25, 0.3) is 5.91 Å². The summed E-state index contributed by atoms with van der Waals surface area (Å²) >= 11 is 0. The Kier molecular flexibility index (Phi) is 6.51. The zero-order valence-corrected chi connectivity index (χ0v) is 18.0. The maximum absolute atomic E-state index is 12.9. The summed E-state index contributed by atoms with van der Waals surface area (Å²) in [5, 5.41) is 3.03. The van der Waals surface area contributed by atoms with Gasteiger partial charge >= 0.3 is 0 Å². The van der Waals surface area contributed by atoms with Gasteiger partial charge in [0.05, 0.1) is 10.9 Å². The van der Waals surface area contributed by atoms with Gasteiger partial charge in [0, 0.05) is 25.2 Å². The van der Waals surface area contributed by atoms with E-state index in [0.717, 1.165) is 25.9 Å². The van der Waals surface area contributed by atoms with Crippen LogP contribution in [0.4, 0.5) is 0 Å². The third-order valence-corrected chi connectivity index (χ3v) is 7.92. The lowest BCUT2D eigenvalue weighted by atomic mass is 10.1. The molecule has 0 bridgehead atoms. The lowest BCUT2D eigenvalue weighted by molar-refractivity contribution is 0.0937. The Morgan fingerprint density at radius 1 is 0.900 bits per heavy atom. The number of amides is 1. The SMILES string of the molecule is O=C(NC[C@H](c1ccccc1)N1CCCC1)c1cccc(S(=O)(=O)N2CCCC2)c1. The van der Waals surface area contributed by atoms with Gasteiger partial charge in [-0.1, -0.05) is 36.4 Å². The Hall–Kier alpha value is -2.22. The van der Waals surface area contributed by atoms with Gasteiger partial charge < -0.3 is 5.32 Å². The summed E-state index contributed by atoms with van der Waals surface area (Å²) in [5.74, 6) is -0.242. The number of likely N-dealkylation sites (tertiary alicyclic amines) is 1. The van der Waals surface area contributed by atoms with Crippen LogP contribution in [0.1, 0.15) is 47.6 Å². The lowest BCUT2D eigenvalue weighted by Crippen LogP contribution is -2.37. The standard InChI is InChI=1S/C23H29N3O3S/c27-23(20-11-8-12-21(17-20)30(28,29)26-15-6-7-16-26)24-18-22(25-13-4-5-14-25)19-9-2-1-3-10-19/h1-3,8-12,17,22H,4-7,13-16,18H2,(H,24,27)/t22-/m1/s1. The normalized spacial score (nSPS) is 19.1. The number of carbonyl (C=O) groups excluding carboxylic acids is 1. The molecule has 0 aliphatic carbocycles. The van der Waals surface area contributed by atoms with Crippen LogP contribution in [-0.2, 0) is 10.0 Å². The van der Waals surface area contributed by atoms with Crippen LogP contribution in [-0.4, -0.2) is 56.3 Å². The van der Waals surface area contributed by atoms with Crippen molar-refractivity contribution in [3.8, 4) is 0 Å². The van der Waals surface area contributed by atoms with Crippen LogP contribution >= 0.6 is 0 Å². The number of nitrogens with one attached hydrogen (secondary N) is 1. The highest BCUT2D eigenvalue weighted by atomic mass is 32.2. The van der Waals surface area contributed by atoms with E-state index in [-0.39, 0.29) is 16.8 Å². The number of benzene rings is 2. The Morgan fingerprint density at radius 3 is 2.27 bits per heavy atom. The predicted octanol–water partition coefficient (Wildman–Crippen LogP) is 3.04. The fraction of sp³-hybridized carbons (Fsp3) is 0.435. The van der Waals surface area contributed by atoms with Crippen molar-refractivity contribution in [3.63, 3.8) is 0 Å². The van der Waals surface area contributed by atoms with E-state index in [4.69, 9.17) is 0 Å². The lowest BCUT2D eigenvalue weighted by Gasteiger charge is -2.28. The summed E-state index contributed by atoms with van der Waals surface area (Å²) in [6.07, 6.45) is 4.12. The molecule has 0 unspecified atom stereocenters. The average molecular weight is 428 g/mol. The summed E-state index contributed by atoms with van der Waals surface area (Å²) in [5.41, 5.74) is 1.56. The summed E-state index contributed by atoms with van der Waals surface area (Å²) in [4.78, 5) is 15.5. The number of sulfonamides is 1. The third kappa shape index (κ3) is 4.58. The Morgan fingerprint density at radius 2 is 1.57 bits per heavy atom. The average Bonchev–Trinajstić information content (AvgIpc) is 3.49. The first-order chi connectivity index (χ1) is 14.6. The van der Waals surface area contributed by atoms with E-state index < -0.39 is 10.0 Å². The molecule has 30 heavy (non-hydrogen) atoms. The van der Waals surface area contributed by atoms with E-state index in [0.29, 0.717) is 25.2 Å². The van der Waals surface area contributed by atoms with Crippen LogP contribution in [0, 0.1) is 0 Å². The highest BCUT2D eigenvalue weighted by molar-refractivity contribution is 7.89. The molecule has 2 aliphatic rings. The Labute approximate surface area is 178 Å². The van der Waals surface area contributed by atoms with Gasteiger partial charge in [-0.2, -0.15) is 4.31 Å². The molecule has 160 valence electrons. The molecule has 0 saturated carbocycles. The first kappa shape index (κ1) is 21.0. The van der Waals surface area contributed by atoms with Crippen molar-refractivity contribution in [2.75, 3.05) is 32.7 Å². The van der Waals surface area contributed by atoms with Crippen LogP contribution in [0.15, 0.2) is 59.5 Å². The van der Waals surface area contributed by atoms with Gasteiger partial charge in [0.2, 0.25) is 10.0 Å². The second-order valence-electron chi connectivity index (χ2n) is 8.02. The molecule has 2 aromatic carbocycles. The summed E-state index contributed by atoms with van der Waals surface area (Å²) < 4.78 is 27.1. The number of rotatable bonds is 7. The smallest absolute Gasteiger partial charge is 0.251 e. The summed E-state index contributed by atoms with van der Waals surface area (Å²) in [7, 11) is -3.54. The minimum atomic E-state index is -3.54. The second kappa shape index (κ2) is 9.29. The molecule has 2 aromatic rings. The minimum absolute atomic E-state index is 0.120. The zero-order valence-electron chi connectivity index (χ0n) is 17.2. The largest absolute Gasteiger partial charge is 0.350 e. The predicted molar refractivity (Wildman–Crippen MR) is 117 cm³/mol. The minimum Gasteiger partial charge on any atom is -0.350 e. The van der Waals surface area contributed by atoms with Crippen LogP contribution in [0.3, 0.4) is 0 Å². The zero-order chi connectivity index (χ0) is 21.0. The van der Waals surface area contributed by atoms with Crippen molar-refractivity contribution in [1.82, 2.24) is 14.5 Å². The molecule has 0 spiro atoms. The fourth-order valence-corrected chi connectivity index (χ4v) is 5.92. The van der Waals surface area contributed by atoms with Gasteiger partial charge in [0.15, 0.2) is 0 Å². The monoisotopic (exact) mass is 427 g/mol. The number of hydrogen-bond donors (Lipinski definition) is 1. The van der Waals surface area contributed by atoms with Crippen LogP contribution in [0.25, 0.3) is 0 Å². The van der Waals surface area contributed by atoms with Crippen molar-refractivity contribution in [3.05, 3.63) is 65.7 Å². The molecule has 2 heterocycles. The molecule has 1 N–H and O–H groups in total. The van der Waals surface area contributed by atoms with Crippen molar-refractivity contribution in [1.29, 1.82) is 0 Å². The molecule has 6 nitrogen and oxygen atoms in total. The summed E-state index contributed by atoms with van der Waals surface area (Å²) in [6.45, 7) is 3.64. The summed E-state index contributed by atoms with van der Waals surface area (Å²) in [6, 6.07) is 16.7. The fourth-order valence-electron chi connectivity index (χ4n) is 4.35. The molecule has 0 aromatic heterocycles. The maximum atomic E-state index is 12.9. The molecule has 2 aliphatic heterocycles. The number of hydrogen-bond acceptors (Lipinski definition) is 4. The molecule has 4 rings (SSSR count). The van der Waals surface area contributed by atoms with Crippen LogP contribution in [0.2, 0.25) is 0 Å². The third-order valence-electron chi connectivity index (χ3n) is 6.02. The van der Waals surface area contributed by atoms with Gasteiger partial charge in [0.1, 0.15) is 0 Å². The maximum Gasteiger partial charge on any atom is 0.251 e. The molecule has 0 radical (unpaired) electrons. The molecule has 1 atom stereocenters. The first-order valence-corrected chi connectivity index (χ1v) is 12.2. The molecule has 2 fully saturated rings. The van der Waals surface area contributed by atoms with Crippen molar-refractivity contribution in [2.45, 2.75) is 36.6 Å². The van der Waals surface area contributed by atoms with Crippen LogP contribution in [0.5, 0.6) is 0 Å². The highest BCUT2D eigenvalue weighted by Gasteiger charge is 2.28. The van der Waals surface area contributed by atoms with Crippen molar-refractivity contribution in [2.24, 2.45) is 0 Å². The van der Waals surface area contributed by atoms with E-state index in [1.54, 1.807) is 18.2 Å². The quantitative estimate of drug-likeness (QED) is 0.737. The van der Waals surface area contributed by atoms with Gasteiger partial charge in [-0.15, -0.1) is 0 Å². The Bertz CT molecular complexity index is 966. The van der Waals surface area contributed by atoms with E-state index >= 15 is 0 Å². The molecule has 7 heteroatoms. The topological polar surface area (TPSA) is 69.7 Å². The van der Waals surface area contributed by atoms with Gasteiger partial charge in [-0.3, -0.25) is 9.69 Å². The van der Waals surface area contributed by atoms with E-state index in [9.17, 15) is 13.2 Å². The van der Waals surface area contributed by atoms with E-state index in [1.807, 2.05) is 18.2 Å². The number of nitrogens with zero attached hydrogens (tertiary/aromatic N) is 2. The van der Waals surface area contributed by atoms with Gasteiger partial charge in [-0.05, 0) is 62.5 Å². The van der Waals surface area contributed by atoms with Crippen LogP contribution < -0.4 is 5.32 Å².